The molecule has 0 atom stereocenters. The summed E-state index contributed by atoms with van der Waals surface area (Å²) in [5.41, 5.74) is 10.5. The van der Waals surface area contributed by atoms with Gasteiger partial charge in [0.15, 0.2) is 0 Å². The average Bonchev–Trinajstić information content (AvgIpc) is 2.74. The third-order valence-electron chi connectivity index (χ3n) is 3.98. The van der Waals surface area contributed by atoms with E-state index >= 15 is 0 Å². The third kappa shape index (κ3) is 2.60. The molecule has 0 bridgehead atoms. The van der Waals surface area contributed by atoms with Crippen molar-refractivity contribution in [1.82, 2.24) is 0 Å². The Kier molecular flexibility index (Phi) is 3.57. The molecule has 3 rings (SSSR count). The number of hydrogen-bond donors (Lipinski definition) is 1. The van der Waals surface area contributed by atoms with Crippen molar-refractivity contribution in [3.63, 3.8) is 0 Å². The third-order valence-corrected chi connectivity index (χ3v) is 4.60. The number of methoxy groups -OCH3 is 1. The highest BCUT2D eigenvalue weighted by molar-refractivity contribution is 9.10. The van der Waals surface area contributed by atoms with Crippen LogP contribution in [0, 0.1) is 0 Å². The molecule has 104 valence electrons. The minimum atomic E-state index is -0.169. The fraction of sp³-hybridized carbons (Fsp3) is 0.294. The van der Waals surface area contributed by atoms with E-state index in [1.807, 2.05) is 6.07 Å². The van der Waals surface area contributed by atoms with Crippen LogP contribution in [-0.2, 0) is 19.3 Å². The molecule has 0 saturated carbocycles. The van der Waals surface area contributed by atoms with E-state index in [-0.39, 0.29) is 5.54 Å². The van der Waals surface area contributed by atoms with Gasteiger partial charge >= 0.3 is 0 Å². The zero-order valence-corrected chi connectivity index (χ0v) is 13.1. The Bertz CT molecular complexity index is 614. The monoisotopic (exact) mass is 331 g/mol. The van der Waals surface area contributed by atoms with E-state index in [0.717, 1.165) is 29.5 Å². The molecule has 20 heavy (non-hydrogen) atoms. The lowest BCUT2D eigenvalue weighted by Gasteiger charge is -2.24. The summed E-state index contributed by atoms with van der Waals surface area (Å²) in [4.78, 5) is 0. The van der Waals surface area contributed by atoms with Gasteiger partial charge in [0.2, 0.25) is 0 Å². The zero-order valence-electron chi connectivity index (χ0n) is 11.5. The van der Waals surface area contributed by atoms with Gasteiger partial charge in [-0.15, -0.1) is 0 Å². The Morgan fingerprint density at radius 2 is 1.80 bits per heavy atom. The molecule has 0 radical (unpaired) electrons. The van der Waals surface area contributed by atoms with Gasteiger partial charge in [0, 0.05) is 5.54 Å². The van der Waals surface area contributed by atoms with Crippen LogP contribution in [0.5, 0.6) is 5.75 Å². The summed E-state index contributed by atoms with van der Waals surface area (Å²) in [5.74, 6) is 0.856. The van der Waals surface area contributed by atoms with E-state index in [9.17, 15) is 0 Å². The summed E-state index contributed by atoms with van der Waals surface area (Å²) in [6, 6.07) is 14.8. The summed E-state index contributed by atoms with van der Waals surface area (Å²) in [6.45, 7) is 0. The number of ether oxygens (including phenoxy) is 1. The van der Waals surface area contributed by atoms with Crippen LogP contribution in [0.3, 0.4) is 0 Å². The number of fused-ring (bicyclic) bond motifs is 1. The van der Waals surface area contributed by atoms with Gasteiger partial charge in [0.25, 0.3) is 0 Å². The predicted molar refractivity (Wildman–Crippen MR) is 85.2 cm³/mol. The summed E-state index contributed by atoms with van der Waals surface area (Å²) in [7, 11) is 1.68. The fourth-order valence-electron chi connectivity index (χ4n) is 3.07. The maximum absolute atomic E-state index is 6.62. The minimum absolute atomic E-state index is 0.169. The molecule has 0 aromatic heterocycles. The lowest BCUT2D eigenvalue weighted by atomic mass is 9.89. The van der Waals surface area contributed by atoms with Gasteiger partial charge in [0.1, 0.15) is 5.75 Å². The Balaban J connectivity index is 1.80. The van der Waals surface area contributed by atoms with Crippen molar-refractivity contribution in [1.29, 1.82) is 0 Å². The van der Waals surface area contributed by atoms with E-state index in [4.69, 9.17) is 10.5 Å². The van der Waals surface area contributed by atoms with Crippen LogP contribution in [0.2, 0.25) is 0 Å². The van der Waals surface area contributed by atoms with Crippen LogP contribution in [0.15, 0.2) is 46.9 Å². The second-order valence-corrected chi connectivity index (χ2v) is 6.48. The Morgan fingerprint density at radius 3 is 2.35 bits per heavy atom. The second kappa shape index (κ2) is 5.23. The first-order chi connectivity index (χ1) is 9.59. The lowest BCUT2D eigenvalue weighted by Crippen LogP contribution is -2.42. The maximum atomic E-state index is 6.62. The van der Waals surface area contributed by atoms with E-state index < -0.39 is 0 Å². The molecule has 0 aliphatic heterocycles. The molecule has 0 amide bonds. The highest BCUT2D eigenvalue weighted by Gasteiger charge is 2.33. The summed E-state index contributed by atoms with van der Waals surface area (Å²) in [5, 5.41) is 0. The molecule has 0 spiro atoms. The van der Waals surface area contributed by atoms with Crippen molar-refractivity contribution < 1.29 is 4.74 Å². The molecule has 0 unspecified atom stereocenters. The quantitative estimate of drug-likeness (QED) is 0.934. The molecule has 3 heteroatoms. The van der Waals surface area contributed by atoms with Crippen molar-refractivity contribution in [3.05, 3.63) is 63.6 Å². The molecular formula is C17H18BrNO. The Hall–Kier alpha value is -1.32. The number of hydrogen-bond acceptors (Lipinski definition) is 2. The van der Waals surface area contributed by atoms with Gasteiger partial charge in [-0.1, -0.05) is 30.3 Å². The predicted octanol–water partition coefficient (Wildman–Crippen LogP) is 3.50. The van der Waals surface area contributed by atoms with Crippen LogP contribution in [0.4, 0.5) is 0 Å². The van der Waals surface area contributed by atoms with Crippen molar-refractivity contribution in [2.75, 3.05) is 7.11 Å². The van der Waals surface area contributed by atoms with Crippen molar-refractivity contribution >= 4 is 15.9 Å². The van der Waals surface area contributed by atoms with Gasteiger partial charge in [-0.3, -0.25) is 0 Å². The standard InChI is InChI=1S/C17H18BrNO/c1-20-16-7-6-12(8-15(16)18)9-17(19)10-13-4-2-3-5-14(13)11-17/h2-8H,9-11,19H2,1H3. The molecule has 2 N–H and O–H groups in total. The Labute approximate surface area is 128 Å². The van der Waals surface area contributed by atoms with Crippen LogP contribution >= 0.6 is 15.9 Å². The van der Waals surface area contributed by atoms with Gasteiger partial charge in [-0.25, -0.2) is 0 Å². The zero-order chi connectivity index (χ0) is 14.2. The highest BCUT2D eigenvalue weighted by Crippen LogP contribution is 2.32. The molecule has 0 saturated heterocycles. The molecule has 1 aliphatic rings. The largest absolute Gasteiger partial charge is 0.496 e. The van der Waals surface area contributed by atoms with Crippen LogP contribution < -0.4 is 10.5 Å². The summed E-state index contributed by atoms with van der Waals surface area (Å²) >= 11 is 3.54. The first-order valence-corrected chi connectivity index (χ1v) is 7.57. The smallest absolute Gasteiger partial charge is 0.133 e. The SMILES string of the molecule is COc1ccc(CC2(N)Cc3ccccc3C2)cc1Br. The maximum Gasteiger partial charge on any atom is 0.133 e. The van der Waals surface area contributed by atoms with Crippen molar-refractivity contribution in [3.8, 4) is 5.75 Å². The lowest BCUT2D eigenvalue weighted by molar-refractivity contribution is 0.411. The topological polar surface area (TPSA) is 35.2 Å². The van der Waals surface area contributed by atoms with Crippen LogP contribution in [0.25, 0.3) is 0 Å². The van der Waals surface area contributed by atoms with E-state index in [2.05, 4.69) is 52.3 Å². The number of benzene rings is 2. The van der Waals surface area contributed by atoms with Crippen LogP contribution in [0.1, 0.15) is 16.7 Å². The Morgan fingerprint density at radius 1 is 1.15 bits per heavy atom. The summed E-state index contributed by atoms with van der Waals surface area (Å²) in [6.07, 6.45) is 2.78. The molecule has 2 aromatic rings. The van der Waals surface area contributed by atoms with Gasteiger partial charge < -0.3 is 10.5 Å². The average molecular weight is 332 g/mol. The van der Waals surface area contributed by atoms with E-state index in [1.165, 1.54) is 16.7 Å². The van der Waals surface area contributed by atoms with Gasteiger partial charge in [-0.2, -0.15) is 0 Å². The number of halogens is 1. The highest BCUT2D eigenvalue weighted by atomic mass is 79.9. The van der Waals surface area contributed by atoms with Gasteiger partial charge in [-0.05, 0) is 64.0 Å². The molecule has 2 nitrogen and oxygen atoms in total. The number of nitrogens with two attached hydrogens (primary N) is 1. The molecule has 2 aromatic carbocycles. The normalized spacial score (nSPS) is 15.9. The van der Waals surface area contributed by atoms with E-state index in [1.54, 1.807) is 7.11 Å². The van der Waals surface area contributed by atoms with Crippen molar-refractivity contribution in [2.24, 2.45) is 5.73 Å². The van der Waals surface area contributed by atoms with Gasteiger partial charge in [0.05, 0.1) is 11.6 Å². The second-order valence-electron chi connectivity index (χ2n) is 5.63. The summed E-state index contributed by atoms with van der Waals surface area (Å²) < 4.78 is 6.25. The molecule has 0 heterocycles. The minimum Gasteiger partial charge on any atom is -0.496 e. The first kappa shape index (κ1) is 13.7. The van der Waals surface area contributed by atoms with E-state index in [0.29, 0.717) is 0 Å². The fourth-order valence-corrected chi connectivity index (χ4v) is 3.66. The van der Waals surface area contributed by atoms with Crippen molar-refractivity contribution in [2.45, 2.75) is 24.8 Å². The molecule has 1 aliphatic carbocycles. The number of rotatable bonds is 3. The molecule has 0 fully saturated rings. The molecular weight excluding hydrogens is 314 g/mol. The van der Waals surface area contributed by atoms with Crippen LogP contribution in [-0.4, -0.2) is 12.6 Å². The first-order valence-electron chi connectivity index (χ1n) is 6.78.